The monoisotopic (exact) mass is 205 g/mol. The van der Waals surface area contributed by atoms with Crippen molar-refractivity contribution in [2.24, 2.45) is 0 Å². The van der Waals surface area contributed by atoms with Crippen molar-refractivity contribution >= 4 is 12.0 Å². The molecule has 1 unspecified atom stereocenters. The summed E-state index contributed by atoms with van der Waals surface area (Å²) in [5.74, 6) is 0.883. The van der Waals surface area contributed by atoms with Crippen molar-refractivity contribution in [3.63, 3.8) is 0 Å². The highest BCUT2D eigenvalue weighted by Gasteiger charge is 2.25. The van der Waals surface area contributed by atoms with E-state index in [1.165, 1.54) is 11.3 Å². The summed E-state index contributed by atoms with van der Waals surface area (Å²) in [5, 5.41) is 0. The summed E-state index contributed by atoms with van der Waals surface area (Å²) in [6.45, 7) is 0. The summed E-state index contributed by atoms with van der Waals surface area (Å²) < 4.78 is 5.18. The summed E-state index contributed by atoms with van der Waals surface area (Å²) in [6.07, 6.45) is 2.51. The Bertz CT molecular complexity index is 376. The number of fused-ring (bicyclic) bond motifs is 1. The number of anilines is 1. The number of aldehydes is 1. The SMILES string of the molecule is COc1ccc2c(c1)CC(CC=O)N2C. The maximum absolute atomic E-state index is 10.5. The Kier molecular flexibility index (Phi) is 2.62. The molecule has 0 radical (unpaired) electrons. The van der Waals surface area contributed by atoms with E-state index in [1.54, 1.807) is 7.11 Å². The average molecular weight is 205 g/mol. The third kappa shape index (κ3) is 1.69. The molecule has 0 bridgehead atoms. The van der Waals surface area contributed by atoms with Gasteiger partial charge in [-0.1, -0.05) is 0 Å². The van der Waals surface area contributed by atoms with Crippen LogP contribution in [0.2, 0.25) is 0 Å². The molecule has 0 fully saturated rings. The minimum atomic E-state index is 0.310. The Morgan fingerprint density at radius 3 is 3.07 bits per heavy atom. The molecule has 0 spiro atoms. The molecule has 80 valence electrons. The number of benzene rings is 1. The second-order valence-corrected chi connectivity index (χ2v) is 3.87. The van der Waals surface area contributed by atoms with Crippen molar-refractivity contribution in [2.75, 3.05) is 19.1 Å². The number of rotatable bonds is 3. The fourth-order valence-corrected chi connectivity index (χ4v) is 2.14. The second-order valence-electron chi connectivity index (χ2n) is 3.87. The Morgan fingerprint density at radius 2 is 2.40 bits per heavy atom. The van der Waals surface area contributed by atoms with Gasteiger partial charge in [-0.3, -0.25) is 0 Å². The van der Waals surface area contributed by atoms with Crippen LogP contribution >= 0.6 is 0 Å². The number of ether oxygens (including phenoxy) is 1. The number of nitrogens with zero attached hydrogens (tertiary/aromatic N) is 1. The summed E-state index contributed by atoms with van der Waals surface area (Å²) >= 11 is 0. The van der Waals surface area contributed by atoms with Crippen molar-refractivity contribution in [1.29, 1.82) is 0 Å². The van der Waals surface area contributed by atoms with Crippen molar-refractivity contribution in [3.8, 4) is 5.75 Å². The zero-order valence-electron chi connectivity index (χ0n) is 9.06. The third-order valence-corrected chi connectivity index (χ3v) is 3.04. The van der Waals surface area contributed by atoms with E-state index in [0.717, 1.165) is 18.5 Å². The van der Waals surface area contributed by atoms with Gasteiger partial charge in [0.05, 0.1) is 7.11 Å². The molecule has 0 saturated heterocycles. The van der Waals surface area contributed by atoms with Gasteiger partial charge in [-0.2, -0.15) is 0 Å². The molecule has 1 aromatic carbocycles. The highest BCUT2D eigenvalue weighted by Crippen LogP contribution is 2.34. The van der Waals surface area contributed by atoms with Crippen molar-refractivity contribution in [1.82, 2.24) is 0 Å². The van der Waals surface area contributed by atoms with Crippen LogP contribution in [-0.4, -0.2) is 26.5 Å². The van der Waals surface area contributed by atoms with Crippen LogP contribution in [0.15, 0.2) is 18.2 Å². The van der Waals surface area contributed by atoms with E-state index in [-0.39, 0.29) is 0 Å². The Labute approximate surface area is 89.7 Å². The molecule has 0 N–H and O–H groups in total. The van der Waals surface area contributed by atoms with E-state index in [2.05, 4.69) is 17.0 Å². The van der Waals surface area contributed by atoms with Gasteiger partial charge >= 0.3 is 0 Å². The minimum Gasteiger partial charge on any atom is -0.497 e. The topological polar surface area (TPSA) is 29.5 Å². The first-order chi connectivity index (χ1) is 7.26. The fraction of sp³-hybridized carbons (Fsp3) is 0.417. The molecule has 15 heavy (non-hydrogen) atoms. The Balaban J connectivity index is 2.28. The van der Waals surface area contributed by atoms with Crippen LogP contribution in [-0.2, 0) is 11.2 Å². The van der Waals surface area contributed by atoms with Gasteiger partial charge in [0.2, 0.25) is 0 Å². The van der Waals surface area contributed by atoms with E-state index in [4.69, 9.17) is 4.74 Å². The minimum absolute atomic E-state index is 0.310. The number of likely N-dealkylation sites (N-methyl/N-ethyl adjacent to an activating group) is 1. The van der Waals surface area contributed by atoms with Gasteiger partial charge in [-0.15, -0.1) is 0 Å². The second kappa shape index (κ2) is 3.93. The van der Waals surface area contributed by atoms with Gasteiger partial charge in [0.1, 0.15) is 12.0 Å². The normalized spacial score (nSPS) is 18.8. The first-order valence-electron chi connectivity index (χ1n) is 5.09. The molecular weight excluding hydrogens is 190 g/mol. The molecule has 0 aliphatic carbocycles. The van der Waals surface area contributed by atoms with Gasteiger partial charge in [-0.25, -0.2) is 0 Å². The first-order valence-corrected chi connectivity index (χ1v) is 5.09. The molecule has 0 aromatic heterocycles. The van der Waals surface area contributed by atoms with Gasteiger partial charge < -0.3 is 14.4 Å². The van der Waals surface area contributed by atoms with E-state index in [0.29, 0.717) is 12.5 Å². The number of carbonyl (C=O) groups excluding carboxylic acids is 1. The summed E-state index contributed by atoms with van der Waals surface area (Å²) in [4.78, 5) is 12.7. The molecular formula is C12H15NO2. The van der Waals surface area contributed by atoms with Gasteiger partial charge in [0.15, 0.2) is 0 Å². The van der Waals surface area contributed by atoms with E-state index in [9.17, 15) is 4.79 Å². The molecule has 1 atom stereocenters. The molecule has 1 aliphatic rings. The van der Waals surface area contributed by atoms with Crippen LogP contribution in [0.1, 0.15) is 12.0 Å². The highest BCUT2D eigenvalue weighted by molar-refractivity contribution is 5.63. The van der Waals surface area contributed by atoms with Gasteiger partial charge in [-0.05, 0) is 30.2 Å². The van der Waals surface area contributed by atoms with E-state index < -0.39 is 0 Å². The van der Waals surface area contributed by atoms with E-state index in [1.807, 2.05) is 13.1 Å². The van der Waals surface area contributed by atoms with Crippen LogP contribution in [0, 0.1) is 0 Å². The largest absolute Gasteiger partial charge is 0.497 e. The lowest BCUT2D eigenvalue weighted by Crippen LogP contribution is -2.27. The highest BCUT2D eigenvalue weighted by atomic mass is 16.5. The van der Waals surface area contributed by atoms with Crippen molar-refractivity contribution < 1.29 is 9.53 Å². The molecule has 3 nitrogen and oxygen atoms in total. The van der Waals surface area contributed by atoms with Gasteiger partial charge in [0, 0.05) is 25.2 Å². The number of methoxy groups -OCH3 is 1. The molecule has 0 saturated carbocycles. The molecule has 1 heterocycles. The van der Waals surface area contributed by atoms with Crippen molar-refractivity contribution in [3.05, 3.63) is 23.8 Å². The lowest BCUT2D eigenvalue weighted by atomic mass is 10.1. The Hall–Kier alpha value is -1.51. The van der Waals surface area contributed by atoms with Crippen LogP contribution < -0.4 is 9.64 Å². The Morgan fingerprint density at radius 1 is 1.60 bits per heavy atom. The maximum atomic E-state index is 10.5. The number of carbonyl (C=O) groups is 1. The molecule has 0 amide bonds. The van der Waals surface area contributed by atoms with Crippen LogP contribution in [0.4, 0.5) is 5.69 Å². The first kappa shape index (κ1) is 10.0. The lowest BCUT2D eigenvalue weighted by molar-refractivity contribution is -0.108. The van der Waals surface area contributed by atoms with Crippen LogP contribution in [0.5, 0.6) is 5.75 Å². The van der Waals surface area contributed by atoms with E-state index >= 15 is 0 Å². The number of hydrogen-bond acceptors (Lipinski definition) is 3. The smallest absolute Gasteiger partial charge is 0.122 e. The fourth-order valence-electron chi connectivity index (χ4n) is 2.14. The average Bonchev–Trinajstić information content (AvgIpc) is 2.56. The molecule has 1 aliphatic heterocycles. The van der Waals surface area contributed by atoms with Crippen molar-refractivity contribution in [2.45, 2.75) is 18.9 Å². The van der Waals surface area contributed by atoms with Crippen LogP contribution in [0.3, 0.4) is 0 Å². The maximum Gasteiger partial charge on any atom is 0.122 e. The zero-order valence-corrected chi connectivity index (χ0v) is 9.06. The number of hydrogen-bond donors (Lipinski definition) is 0. The van der Waals surface area contributed by atoms with Gasteiger partial charge in [0.25, 0.3) is 0 Å². The standard InChI is InChI=1S/C12H15NO2/c1-13-10(5-6-14)7-9-8-11(15-2)3-4-12(9)13/h3-4,6,8,10H,5,7H2,1-2H3. The molecule has 1 aromatic rings. The zero-order chi connectivity index (χ0) is 10.8. The predicted molar refractivity (Wildman–Crippen MR) is 59.6 cm³/mol. The quantitative estimate of drug-likeness (QED) is 0.703. The lowest BCUT2D eigenvalue weighted by Gasteiger charge is -2.20. The molecule has 2 rings (SSSR count). The van der Waals surface area contributed by atoms with Crippen LogP contribution in [0.25, 0.3) is 0 Å². The molecule has 3 heteroatoms. The predicted octanol–water partition coefficient (Wildman–Crippen LogP) is 1.65. The summed E-state index contributed by atoms with van der Waals surface area (Å²) in [5.41, 5.74) is 2.48. The summed E-state index contributed by atoms with van der Waals surface area (Å²) in [7, 11) is 3.70. The summed E-state index contributed by atoms with van der Waals surface area (Å²) in [6, 6.07) is 6.37. The third-order valence-electron chi connectivity index (χ3n) is 3.04.